The van der Waals surface area contributed by atoms with Crippen LogP contribution in [0.15, 0.2) is 24.5 Å². The molecular weight excluding hydrogens is 240 g/mol. The molecule has 0 aliphatic rings. The smallest absolute Gasteiger partial charge is 1.00 e. The van der Waals surface area contributed by atoms with Gasteiger partial charge in [-0.2, -0.15) is 0 Å². The Morgan fingerprint density at radius 3 is 2.94 bits per heavy atom. The number of fused-ring (bicyclic) bond motifs is 1. The minimum atomic E-state index is -0.374. The van der Waals surface area contributed by atoms with Crippen LogP contribution >= 0.6 is 0 Å². The maximum atomic E-state index is 11.4. The quantitative estimate of drug-likeness (QED) is 0.430. The number of esters is 1. The third-order valence-corrected chi connectivity index (χ3v) is 2.42. The normalized spacial score (nSPS) is 9.94. The van der Waals surface area contributed by atoms with E-state index in [0.717, 1.165) is 9.34 Å². The van der Waals surface area contributed by atoms with Crippen LogP contribution in [-0.2, 0) is 4.74 Å². The largest absolute Gasteiger partial charge is 1.00 e. The summed E-state index contributed by atoms with van der Waals surface area (Å²) >= 11 is 1.79. The van der Waals surface area contributed by atoms with Gasteiger partial charge in [0.05, 0.1) is 0 Å². The first-order chi connectivity index (χ1) is 7.20. The Bertz CT molecular complexity index is 512. The van der Waals surface area contributed by atoms with E-state index in [-0.39, 0.29) is 18.4 Å². The zero-order chi connectivity index (χ0) is 10.8. The number of aromatic nitrogens is 2. The maximum Gasteiger partial charge on any atom is -1.00 e. The van der Waals surface area contributed by atoms with E-state index in [2.05, 4.69) is 4.98 Å². The van der Waals surface area contributed by atoms with Gasteiger partial charge in [0.1, 0.15) is 0 Å². The van der Waals surface area contributed by atoms with Crippen molar-refractivity contribution in [3.8, 4) is 0 Å². The van der Waals surface area contributed by atoms with E-state index >= 15 is 0 Å². The molecule has 2 aromatic heterocycles. The van der Waals surface area contributed by atoms with Crippen molar-refractivity contribution < 1.29 is 21.9 Å². The van der Waals surface area contributed by atoms with Crippen molar-refractivity contribution in [3.63, 3.8) is 0 Å². The van der Waals surface area contributed by atoms with E-state index < -0.39 is 0 Å². The summed E-state index contributed by atoms with van der Waals surface area (Å²) in [6.07, 6.45) is 3.62. The molecule has 0 saturated carbocycles. The molecule has 2 heterocycles. The van der Waals surface area contributed by atoms with Crippen LogP contribution in [0.1, 0.15) is 17.4 Å². The van der Waals surface area contributed by atoms with Crippen LogP contribution < -0.4 is 16.1 Å². The Kier molecular flexibility index (Phi) is 4.58. The van der Waals surface area contributed by atoms with Crippen molar-refractivity contribution >= 4 is 37.0 Å². The van der Waals surface area contributed by atoms with Gasteiger partial charge in [-0.25, -0.2) is 0 Å². The first-order valence-electron chi connectivity index (χ1n) is 4.68. The molecule has 16 heavy (non-hydrogen) atoms. The summed E-state index contributed by atoms with van der Waals surface area (Å²) in [5.41, 5.74) is 1.11. The van der Waals surface area contributed by atoms with Gasteiger partial charge >= 0.3 is 99.7 Å². The number of carbonyl (C=O) groups excluding carboxylic acids is 1. The molecule has 0 spiro atoms. The van der Waals surface area contributed by atoms with Gasteiger partial charge in [-0.15, -0.1) is 0 Å². The summed E-state index contributed by atoms with van der Waals surface area (Å²) in [5, 5.41) is 0. The Hall–Kier alpha value is -0.784. The Morgan fingerprint density at radius 2 is 2.25 bits per heavy atom. The van der Waals surface area contributed by atoms with Crippen molar-refractivity contribution in [2.24, 2.45) is 0 Å². The molecule has 0 aromatic carbocycles. The Morgan fingerprint density at radius 1 is 1.50 bits per heavy atom. The molecule has 4 nitrogen and oxygen atoms in total. The second kappa shape index (κ2) is 5.52. The molecule has 0 aliphatic heterocycles. The topological polar surface area (TPSA) is 43.6 Å². The molecule has 0 aliphatic carbocycles. The Balaban J connectivity index is 0.00000128. The van der Waals surface area contributed by atoms with E-state index in [1.54, 1.807) is 34.8 Å². The molecule has 0 amide bonds. The predicted molar refractivity (Wildman–Crippen MR) is 56.5 cm³/mol. The molecule has 0 unspecified atom stereocenters. The SMILES string of the molecule is CCOC(=O)c1cn2c[c]([Mg+])ccc2n1.[Cl-]. The van der Waals surface area contributed by atoms with Crippen LogP contribution in [0.5, 0.6) is 0 Å². The molecule has 80 valence electrons. The first kappa shape index (κ1) is 13.3. The number of imidazole rings is 1. The van der Waals surface area contributed by atoms with Crippen molar-refractivity contribution in [2.75, 3.05) is 6.61 Å². The van der Waals surface area contributed by atoms with Crippen molar-refractivity contribution in [2.45, 2.75) is 6.92 Å². The number of pyridine rings is 1. The van der Waals surface area contributed by atoms with Crippen LogP contribution in [0, 0.1) is 0 Å². The molecule has 2 aromatic rings. The molecule has 0 radical (unpaired) electrons. The fraction of sp³-hybridized carbons (Fsp3) is 0.200. The molecule has 6 heteroatoms. The Labute approximate surface area is 112 Å². The zero-order valence-corrected chi connectivity index (χ0v) is 11.0. The van der Waals surface area contributed by atoms with Crippen LogP contribution in [0.3, 0.4) is 0 Å². The van der Waals surface area contributed by atoms with Gasteiger partial charge in [0.25, 0.3) is 0 Å². The summed E-state index contributed by atoms with van der Waals surface area (Å²) in [6, 6.07) is 3.85. The van der Waals surface area contributed by atoms with Crippen molar-refractivity contribution in [1.82, 2.24) is 9.38 Å². The molecule has 0 saturated heterocycles. The minimum Gasteiger partial charge on any atom is -1.00 e. The fourth-order valence-corrected chi connectivity index (χ4v) is 1.66. The number of hydrogen-bond acceptors (Lipinski definition) is 3. The summed E-state index contributed by atoms with van der Waals surface area (Å²) in [7, 11) is 0. The second-order valence-electron chi connectivity index (χ2n) is 3.15. The third kappa shape index (κ3) is 2.66. The van der Waals surface area contributed by atoms with E-state index in [4.69, 9.17) is 4.74 Å². The number of ether oxygens (including phenoxy) is 1. The third-order valence-electron chi connectivity index (χ3n) is 2.00. The summed E-state index contributed by atoms with van der Waals surface area (Å²) in [5.74, 6) is -0.374. The number of nitrogens with zero attached hydrogens (tertiary/aromatic N) is 2. The van der Waals surface area contributed by atoms with Crippen molar-refractivity contribution in [1.29, 1.82) is 0 Å². The molecule has 0 bridgehead atoms. The van der Waals surface area contributed by atoms with E-state index in [9.17, 15) is 4.79 Å². The number of hydrogen-bond donors (Lipinski definition) is 0. The maximum absolute atomic E-state index is 11.4. The van der Waals surface area contributed by atoms with Crippen LogP contribution in [0.4, 0.5) is 0 Å². The van der Waals surface area contributed by atoms with E-state index in [1.165, 1.54) is 0 Å². The molecule has 0 fully saturated rings. The number of halogens is 1. The summed E-state index contributed by atoms with van der Waals surface area (Å²) in [6.45, 7) is 2.14. The standard InChI is InChI=1S/C10H9N2O2.ClH.Mg/c1-2-14-10(13)8-7-12-6-4-3-5-9(12)11-8;;/h3,5-7H,2H2,1H3;1H;/q;;+1/p-1. The minimum absolute atomic E-state index is 0. The van der Waals surface area contributed by atoms with Gasteiger partial charge in [0.2, 0.25) is 0 Å². The van der Waals surface area contributed by atoms with E-state index in [0.29, 0.717) is 12.3 Å². The molecule has 0 atom stereocenters. The van der Waals surface area contributed by atoms with Gasteiger partial charge in [-0.1, -0.05) is 0 Å². The summed E-state index contributed by atoms with van der Waals surface area (Å²) in [4.78, 5) is 15.6. The average Bonchev–Trinajstić information content (AvgIpc) is 2.60. The first-order valence-corrected chi connectivity index (χ1v) is 5.39. The zero-order valence-electron chi connectivity index (χ0n) is 8.81. The second-order valence-corrected chi connectivity index (χ2v) is 3.97. The molecule has 0 N–H and O–H groups in total. The van der Waals surface area contributed by atoms with Crippen LogP contribution in [-0.4, -0.2) is 43.7 Å². The van der Waals surface area contributed by atoms with Gasteiger partial charge in [0, 0.05) is 0 Å². The molecule has 2 rings (SSSR count). The fourth-order valence-electron chi connectivity index (χ4n) is 1.34. The van der Waals surface area contributed by atoms with E-state index in [1.807, 2.05) is 22.7 Å². The number of carbonyl (C=O) groups is 1. The van der Waals surface area contributed by atoms with Crippen LogP contribution in [0.2, 0.25) is 0 Å². The predicted octanol–water partition coefficient (Wildman–Crippen LogP) is -2.69. The van der Waals surface area contributed by atoms with Gasteiger partial charge in [-0.3, -0.25) is 0 Å². The van der Waals surface area contributed by atoms with Crippen LogP contribution in [0.25, 0.3) is 5.65 Å². The average molecular weight is 249 g/mol. The van der Waals surface area contributed by atoms with Gasteiger partial charge in [-0.05, 0) is 0 Å². The molecular formula is C10H9ClMgN2O2. The van der Waals surface area contributed by atoms with Gasteiger partial charge in [0.15, 0.2) is 0 Å². The van der Waals surface area contributed by atoms with Gasteiger partial charge < -0.3 is 12.4 Å². The number of rotatable bonds is 2. The van der Waals surface area contributed by atoms with Crippen molar-refractivity contribution in [3.05, 3.63) is 30.2 Å². The monoisotopic (exact) mass is 248 g/mol. The summed E-state index contributed by atoms with van der Waals surface area (Å²) < 4.78 is 7.85.